The molecule has 2 aliphatic rings. The molecule has 13 heteroatoms. The molecule has 0 N–H and O–H groups in total. The van der Waals surface area contributed by atoms with Gasteiger partial charge in [0.05, 0.1) is 28.0 Å². The number of rotatable bonds is 7. The van der Waals surface area contributed by atoms with E-state index in [1.54, 1.807) is 0 Å². The van der Waals surface area contributed by atoms with Crippen LogP contribution in [-0.4, -0.2) is 60.4 Å². The van der Waals surface area contributed by atoms with Crippen molar-refractivity contribution in [3.8, 4) is 0 Å². The Balaban J connectivity index is 1.58. The lowest BCUT2D eigenvalue weighted by Crippen LogP contribution is -2.43. The van der Waals surface area contributed by atoms with Gasteiger partial charge in [-0.25, -0.2) is 18.4 Å². The van der Waals surface area contributed by atoms with Crippen molar-refractivity contribution < 1.29 is 18.1 Å². The largest absolute Gasteiger partial charge is 0.356 e. The van der Waals surface area contributed by atoms with Crippen molar-refractivity contribution in [1.29, 1.82) is 0 Å². The summed E-state index contributed by atoms with van der Waals surface area (Å²) in [6, 6.07) is 11.9. The van der Waals surface area contributed by atoms with Crippen molar-refractivity contribution in [1.82, 2.24) is 14.3 Å². The summed E-state index contributed by atoms with van der Waals surface area (Å²) < 4.78 is 35.2. The van der Waals surface area contributed by atoms with Gasteiger partial charge in [-0.15, -0.1) is 0 Å². The fourth-order valence-corrected chi connectivity index (χ4v) is 6.57. The molecule has 0 saturated carbocycles. The number of fused-ring (bicyclic) bond motifs is 4. The van der Waals surface area contributed by atoms with Gasteiger partial charge in [0.15, 0.2) is 6.23 Å². The number of anilines is 2. The maximum absolute atomic E-state index is 13.9. The molecule has 5 rings (SSSR count). The van der Waals surface area contributed by atoms with Crippen LogP contribution in [0.2, 0.25) is 5.02 Å². The summed E-state index contributed by atoms with van der Waals surface area (Å²) in [4.78, 5) is 23.5. The lowest BCUT2D eigenvalue weighted by molar-refractivity contribution is -0.384. The lowest BCUT2D eigenvalue weighted by Gasteiger charge is -2.29. The Morgan fingerprint density at radius 3 is 2.51 bits per heavy atom. The summed E-state index contributed by atoms with van der Waals surface area (Å²) in [7, 11) is -2.20. The summed E-state index contributed by atoms with van der Waals surface area (Å²) in [5.74, 6) is 1.17. The first-order valence-electron chi connectivity index (χ1n) is 11.7. The van der Waals surface area contributed by atoms with E-state index in [0.717, 1.165) is 5.56 Å². The lowest BCUT2D eigenvalue weighted by atomic mass is 10.2. The minimum absolute atomic E-state index is 0.0435. The van der Waals surface area contributed by atoms with Gasteiger partial charge in [0.2, 0.25) is 10.0 Å². The standard InChI is InChI=1S/C24H25ClN6O5S/c1-3-29-13-19-14-36-24(30(19)37(34,35)20-10-8-18(9-11-20)31(32)33)21-22(26-15-27-23(21)29)28(2)12-16-4-6-17(25)7-5-16/h4-11,15,19,24H,3,12-14H2,1-2H3/t19-,24-/m0/s1. The molecule has 0 aliphatic carbocycles. The molecule has 11 nitrogen and oxygen atoms in total. The Bertz CT molecular complexity index is 1420. The number of ether oxygens (including phenoxy) is 1. The minimum atomic E-state index is -4.07. The highest BCUT2D eigenvalue weighted by Gasteiger charge is 2.49. The van der Waals surface area contributed by atoms with Gasteiger partial charge in [-0.05, 0) is 36.8 Å². The summed E-state index contributed by atoms with van der Waals surface area (Å²) >= 11 is 6.03. The highest BCUT2D eigenvalue weighted by Crippen LogP contribution is 2.45. The molecule has 37 heavy (non-hydrogen) atoms. The van der Waals surface area contributed by atoms with Crippen molar-refractivity contribution in [3.63, 3.8) is 0 Å². The second kappa shape index (κ2) is 9.86. The van der Waals surface area contributed by atoms with E-state index >= 15 is 0 Å². The van der Waals surface area contributed by atoms with E-state index in [9.17, 15) is 18.5 Å². The van der Waals surface area contributed by atoms with Crippen molar-refractivity contribution in [2.45, 2.75) is 30.6 Å². The fourth-order valence-electron chi connectivity index (χ4n) is 4.78. The zero-order chi connectivity index (χ0) is 26.3. The van der Waals surface area contributed by atoms with Crippen molar-refractivity contribution >= 4 is 38.9 Å². The summed E-state index contributed by atoms with van der Waals surface area (Å²) in [5.41, 5.74) is 1.38. The van der Waals surface area contributed by atoms with E-state index in [0.29, 0.717) is 41.9 Å². The molecule has 2 aliphatic heterocycles. The quantitative estimate of drug-likeness (QED) is 0.324. The third kappa shape index (κ3) is 4.61. The number of halogens is 1. The van der Waals surface area contributed by atoms with Crippen LogP contribution in [0.1, 0.15) is 24.3 Å². The molecule has 2 aromatic carbocycles. The first-order chi connectivity index (χ1) is 17.7. The molecule has 0 spiro atoms. The predicted octanol–water partition coefficient (Wildman–Crippen LogP) is 3.60. The molecule has 3 aromatic rings. The summed E-state index contributed by atoms with van der Waals surface area (Å²) in [6.07, 6.45) is 0.518. The molecule has 2 bridgehead atoms. The molecule has 1 fully saturated rings. The second-order valence-corrected chi connectivity index (χ2v) is 11.2. The van der Waals surface area contributed by atoms with Gasteiger partial charge < -0.3 is 14.5 Å². The number of nitro benzene ring substituents is 1. The topological polar surface area (TPSA) is 122 Å². The number of nitro groups is 1. The monoisotopic (exact) mass is 544 g/mol. The maximum Gasteiger partial charge on any atom is 0.269 e. The number of nitrogens with zero attached hydrogens (tertiary/aromatic N) is 6. The van der Waals surface area contributed by atoms with Crippen LogP contribution >= 0.6 is 11.6 Å². The van der Waals surface area contributed by atoms with Gasteiger partial charge in [-0.2, -0.15) is 4.31 Å². The van der Waals surface area contributed by atoms with Crippen LogP contribution < -0.4 is 9.80 Å². The second-order valence-electron chi connectivity index (χ2n) is 8.88. The molecule has 1 aromatic heterocycles. The molecule has 2 atom stereocenters. The van der Waals surface area contributed by atoms with Gasteiger partial charge in [-0.1, -0.05) is 23.7 Å². The SMILES string of the molecule is CCN1C[C@H]2CO[C@@H](c3c(N(C)Cc4ccc(Cl)cc4)ncnc31)N2S(=O)(=O)c1ccc([N+](=O)[O-])cc1. The Morgan fingerprint density at radius 1 is 1.16 bits per heavy atom. The first-order valence-corrected chi connectivity index (χ1v) is 13.5. The molecule has 0 amide bonds. The number of aromatic nitrogens is 2. The number of hydrogen-bond acceptors (Lipinski definition) is 9. The first kappa shape index (κ1) is 25.3. The third-order valence-electron chi connectivity index (χ3n) is 6.56. The van der Waals surface area contributed by atoms with Crippen LogP contribution in [0.3, 0.4) is 0 Å². The summed E-state index contributed by atoms with van der Waals surface area (Å²) in [6.45, 7) is 3.67. The Kier molecular flexibility index (Phi) is 6.75. The van der Waals surface area contributed by atoms with Gasteiger partial charge in [0.1, 0.15) is 18.0 Å². The van der Waals surface area contributed by atoms with Crippen LogP contribution in [0.4, 0.5) is 17.3 Å². The molecular weight excluding hydrogens is 520 g/mol. The smallest absolute Gasteiger partial charge is 0.269 e. The zero-order valence-corrected chi connectivity index (χ0v) is 21.8. The van der Waals surface area contributed by atoms with Crippen molar-refractivity contribution in [3.05, 3.63) is 81.1 Å². The van der Waals surface area contributed by atoms with Crippen LogP contribution in [0.15, 0.2) is 59.8 Å². The average molecular weight is 545 g/mol. The van der Waals surface area contributed by atoms with Gasteiger partial charge >= 0.3 is 0 Å². The fraction of sp³-hybridized carbons (Fsp3) is 0.333. The van der Waals surface area contributed by atoms with E-state index in [1.807, 2.05) is 48.0 Å². The Hall–Kier alpha value is -3.32. The molecule has 1 saturated heterocycles. The molecular formula is C24H25ClN6O5S. The van der Waals surface area contributed by atoms with Crippen LogP contribution in [0, 0.1) is 10.1 Å². The van der Waals surface area contributed by atoms with E-state index in [2.05, 4.69) is 9.97 Å². The van der Waals surface area contributed by atoms with Gasteiger partial charge in [0, 0.05) is 43.8 Å². The van der Waals surface area contributed by atoms with Crippen molar-refractivity contribution in [2.75, 3.05) is 36.5 Å². The van der Waals surface area contributed by atoms with E-state index < -0.39 is 27.2 Å². The number of hydrogen-bond donors (Lipinski definition) is 0. The third-order valence-corrected chi connectivity index (χ3v) is 8.72. The number of benzene rings is 2. The van der Waals surface area contributed by atoms with E-state index in [1.165, 1.54) is 34.9 Å². The number of likely N-dealkylation sites (N-methyl/N-ethyl adjacent to an activating group) is 1. The number of sulfonamides is 1. The predicted molar refractivity (Wildman–Crippen MR) is 138 cm³/mol. The van der Waals surface area contributed by atoms with Crippen molar-refractivity contribution in [2.24, 2.45) is 0 Å². The highest BCUT2D eigenvalue weighted by molar-refractivity contribution is 7.89. The normalized spacial score (nSPS) is 19.4. The van der Waals surface area contributed by atoms with Crippen LogP contribution in [0.25, 0.3) is 0 Å². The van der Waals surface area contributed by atoms with E-state index in [-0.39, 0.29) is 17.2 Å². The zero-order valence-electron chi connectivity index (χ0n) is 20.2. The van der Waals surface area contributed by atoms with E-state index in [4.69, 9.17) is 16.3 Å². The average Bonchev–Trinajstić information content (AvgIpc) is 3.25. The highest BCUT2D eigenvalue weighted by atomic mass is 35.5. The molecule has 0 radical (unpaired) electrons. The summed E-state index contributed by atoms with van der Waals surface area (Å²) in [5, 5.41) is 11.7. The number of non-ortho nitro benzene ring substituents is 1. The molecule has 0 unspecified atom stereocenters. The minimum Gasteiger partial charge on any atom is -0.356 e. The van der Waals surface area contributed by atoms with Gasteiger partial charge in [0.25, 0.3) is 5.69 Å². The van der Waals surface area contributed by atoms with Crippen LogP contribution in [-0.2, 0) is 21.3 Å². The Morgan fingerprint density at radius 2 is 1.86 bits per heavy atom. The van der Waals surface area contributed by atoms with Gasteiger partial charge in [-0.3, -0.25) is 10.1 Å². The maximum atomic E-state index is 13.9. The molecule has 3 heterocycles. The van der Waals surface area contributed by atoms with Crippen LogP contribution in [0.5, 0.6) is 0 Å². The Labute approximate surface area is 219 Å². The molecule has 194 valence electrons.